The first-order chi connectivity index (χ1) is 8.56. The molecule has 0 spiro atoms. The van der Waals surface area contributed by atoms with Crippen LogP contribution in [0.3, 0.4) is 0 Å². The largest absolute Gasteiger partial charge is 0.382 e. The van der Waals surface area contributed by atoms with Gasteiger partial charge in [-0.3, -0.25) is 5.10 Å². The Hall–Kier alpha value is -2.23. The zero-order valence-electron chi connectivity index (χ0n) is 10.8. The molecule has 4 heteroatoms. The van der Waals surface area contributed by atoms with Crippen molar-refractivity contribution >= 4 is 16.7 Å². The Morgan fingerprint density at radius 1 is 1.11 bits per heavy atom. The van der Waals surface area contributed by atoms with E-state index in [-0.39, 0.29) is 0 Å². The number of nitrogens with one attached hydrogen (secondary N) is 2. The zero-order chi connectivity index (χ0) is 12.9. The summed E-state index contributed by atoms with van der Waals surface area (Å²) in [6.45, 7) is 6.30. The van der Waals surface area contributed by atoms with Crippen molar-refractivity contribution in [2.45, 2.75) is 20.8 Å². The fourth-order valence-corrected chi connectivity index (χ4v) is 2.60. The smallest absolute Gasteiger partial charge is 0.145 e. The van der Waals surface area contributed by atoms with E-state index in [1.807, 2.05) is 6.07 Å². The van der Waals surface area contributed by atoms with Crippen LogP contribution >= 0.6 is 0 Å². The van der Waals surface area contributed by atoms with Gasteiger partial charge in [0.15, 0.2) is 0 Å². The third-order valence-electron chi connectivity index (χ3n) is 3.30. The summed E-state index contributed by atoms with van der Waals surface area (Å²) < 4.78 is 0. The van der Waals surface area contributed by atoms with E-state index in [1.54, 1.807) is 0 Å². The van der Waals surface area contributed by atoms with Crippen molar-refractivity contribution in [2.24, 2.45) is 0 Å². The summed E-state index contributed by atoms with van der Waals surface area (Å²) in [5.41, 5.74) is 12.6. The molecule has 0 atom stereocenters. The summed E-state index contributed by atoms with van der Waals surface area (Å²) in [6.07, 6.45) is 0. The molecular weight excluding hydrogens is 224 g/mol. The molecule has 0 fully saturated rings. The molecule has 0 saturated carbocycles. The number of aryl methyl sites for hydroxylation is 3. The van der Waals surface area contributed by atoms with Gasteiger partial charge in [-0.2, -0.15) is 5.10 Å². The van der Waals surface area contributed by atoms with Crippen LogP contribution in [0.1, 0.15) is 16.8 Å². The molecule has 4 nitrogen and oxygen atoms in total. The number of aromatic amines is 2. The molecule has 0 saturated heterocycles. The number of benzene rings is 1. The second kappa shape index (κ2) is 3.63. The lowest BCUT2D eigenvalue weighted by Gasteiger charge is -2.01. The van der Waals surface area contributed by atoms with Gasteiger partial charge in [-0.05, 0) is 32.4 Å². The number of rotatable bonds is 1. The molecule has 0 aliphatic carbocycles. The number of nitrogens with two attached hydrogens (primary N) is 1. The molecule has 18 heavy (non-hydrogen) atoms. The number of anilines is 1. The van der Waals surface area contributed by atoms with Gasteiger partial charge in [0.1, 0.15) is 5.82 Å². The van der Waals surface area contributed by atoms with Crippen molar-refractivity contribution in [3.8, 4) is 11.3 Å². The number of H-pyrrole nitrogens is 2. The lowest BCUT2D eigenvalue weighted by atomic mass is 10.0. The molecule has 3 aromatic rings. The summed E-state index contributed by atoms with van der Waals surface area (Å²) in [5, 5.41) is 8.21. The first kappa shape index (κ1) is 10.9. The second-order valence-electron chi connectivity index (χ2n) is 4.84. The van der Waals surface area contributed by atoms with Crippen molar-refractivity contribution in [3.63, 3.8) is 0 Å². The average Bonchev–Trinajstić information content (AvgIpc) is 2.82. The predicted molar refractivity (Wildman–Crippen MR) is 74.5 cm³/mol. The Labute approximate surface area is 105 Å². The van der Waals surface area contributed by atoms with Gasteiger partial charge < -0.3 is 10.7 Å². The quantitative estimate of drug-likeness (QED) is 0.611. The number of aromatic nitrogens is 3. The molecule has 0 aliphatic rings. The van der Waals surface area contributed by atoms with E-state index in [4.69, 9.17) is 5.73 Å². The van der Waals surface area contributed by atoms with Gasteiger partial charge in [0.2, 0.25) is 0 Å². The van der Waals surface area contributed by atoms with Crippen LogP contribution in [0.4, 0.5) is 5.82 Å². The van der Waals surface area contributed by atoms with E-state index < -0.39 is 0 Å². The lowest BCUT2D eigenvalue weighted by molar-refractivity contribution is 1.10. The summed E-state index contributed by atoms with van der Waals surface area (Å²) in [6, 6.07) is 6.24. The number of nitrogen functional groups attached to an aromatic ring is 1. The molecule has 0 radical (unpaired) electrons. The number of nitrogens with zero attached hydrogens (tertiary/aromatic N) is 1. The van der Waals surface area contributed by atoms with Crippen molar-refractivity contribution in [3.05, 3.63) is 35.0 Å². The Morgan fingerprint density at radius 3 is 2.56 bits per heavy atom. The van der Waals surface area contributed by atoms with Crippen molar-refractivity contribution < 1.29 is 0 Å². The topological polar surface area (TPSA) is 70.5 Å². The Kier molecular flexibility index (Phi) is 2.20. The maximum absolute atomic E-state index is 5.69. The monoisotopic (exact) mass is 240 g/mol. The van der Waals surface area contributed by atoms with Crippen LogP contribution in [0.2, 0.25) is 0 Å². The minimum Gasteiger partial charge on any atom is -0.382 e. The van der Waals surface area contributed by atoms with Crippen molar-refractivity contribution in [1.29, 1.82) is 0 Å². The maximum atomic E-state index is 5.69. The SMILES string of the molecule is Cc1cc(C)c2[nH]c(C)c(-c3cc(N)n[nH]3)c2c1. The van der Waals surface area contributed by atoms with E-state index in [9.17, 15) is 0 Å². The van der Waals surface area contributed by atoms with E-state index in [2.05, 4.69) is 48.1 Å². The standard InChI is InChI=1S/C14H16N4/c1-7-4-8(2)14-10(5-7)13(9(3)16-14)11-6-12(15)18-17-11/h4-6,16H,1-3H3,(H3,15,17,18). The normalized spacial score (nSPS) is 11.3. The Balaban J connectivity index is 2.38. The molecule has 3 rings (SSSR count). The van der Waals surface area contributed by atoms with E-state index >= 15 is 0 Å². The van der Waals surface area contributed by atoms with Crippen LogP contribution in [0, 0.1) is 20.8 Å². The fourth-order valence-electron chi connectivity index (χ4n) is 2.60. The Morgan fingerprint density at radius 2 is 1.89 bits per heavy atom. The van der Waals surface area contributed by atoms with Crippen LogP contribution in [-0.4, -0.2) is 15.2 Å². The fraction of sp³-hybridized carbons (Fsp3) is 0.214. The molecule has 0 unspecified atom stereocenters. The third kappa shape index (κ3) is 1.49. The summed E-state index contributed by atoms with van der Waals surface area (Å²) in [5.74, 6) is 0.517. The molecule has 92 valence electrons. The van der Waals surface area contributed by atoms with Gasteiger partial charge in [0.25, 0.3) is 0 Å². The van der Waals surface area contributed by atoms with E-state index in [0.29, 0.717) is 5.82 Å². The molecular formula is C14H16N4. The van der Waals surface area contributed by atoms with E-state index in [0.717, 1.165) is 17.0 Å². The maximum Gasteiger partial charge on any atom is 0.145 e. The highest BCUT2D eigenvalue weighted by Crippen LogP contribution is 2.33. The molecule has 0 bridgehead atoms. The van der Waals surface area contributed by atoms with Gasteiger partial charge in [-0.15, -0.1) is 0 Å². The van der Waals surface area contributed by atoms with Crippen LogP contribution < -0.4 is 5.73 Å². The molecule has 0 amide bonds. The predicted octanol–water partition coefficient (Wildman–Crippen LogP) is 3.07. The highest BCUT2D eigenvalue weighted by molar-refractivity contribution is 5.98. The van der Waals surface area contributed by atoms with Crippen LogP contribution in [0.15, 0.2) is 18.2 Å². The number of hydrogen-bond acceptors (Lipinski definition) is 2. The molecule has 4 N–H and O–H groups in total. The minimum atomic E-state index is 0.517. The third-order valence-corrected chi connectivity index (χ3v) is 3.30. The van der Waals surface area contributed by atoms with Crippen molar-refractivity contribution in [1.82, 2.24) is 15.2 Å². The summed E-state index contributed by atoms with van der Waals surface area (Å²) in [4.78, 5) is 3.44. The van der Waals surface area contributed by atoms with Gasteiger partial charge in [0, 0.05) is 28.2 Å². The molecule has 2 heterocycles. The zero-order valence-corrected chi connectivity index (χ0v) is 10.8. The highest BCUT2D eigenvalue weighted by atomic mass is 15.2. The number of hydrogen-bond donors (Lipinski definition) is 3. The molecule has 1 aromatic carbocycles. The van der Waals surface area contributed by atoms with Gasteiger partial charge in [-0.25, -0.2) is 0 Å². The van der Waals surface area contributed by atoms with E-state index in [1.165, 1.54) is 22.0 Å². The van der Waals surface area contributed by atoms with Gasteiger partial charge >= 0.3 is 0 Å². The lowest BCUT2D eigenvalue weighted by Crippen LogP contribution is -1.81. The van der Waals surface area contributed by atoms with Gasteiger partial charge in [0.05, 0.1) is 5.69 Å². The van der Waals surface area contributed by atoms with Crippen molar-refractivity contribution in [2.75, 3.05) is 5.73 Å². The summed E-state index contributed by atoms with van der Waals surface area (Å²) in [7, 11) is 0. The highest BCUT2D eigenvalue weighted by Gasteiger charge is 2.14. The minimum absolute atomic E-state index is 0.517. The van der Waals surface area contributed by atoms with Crippen LogP contribution in [-0.2, 0) is 0 Å². The first-order valence-electron chi connectivity index (χ1n) is 5.97. The molecule has 0 aliphatic heterocycles. The van der Waals surface area contributed by atoms with Gasteiger partial charge in [-0.1, -0.05) is 11.6 Å². The van der Waals surface area contributed by atoms with Crippen LogP contribution in [0.25, 0.3) is 22.2 Å². The average molecular weight is 240 g/mol. The first-order valence-corrected chi connectivity index (χ1v) is 5.97. The Bertz CT molecular complexity index is 734. The van der Waals surface area contributed by atoms with Crippen LogP contribution in [0.5, 0.6) is 0 Å². The number of fused-ring (bicyclic) bond motifs is 1. The molecule has 2 aromatic heterocycles. The second-order valence-corrected chi connectivity index (χ2v) is 4.84. The summed E-state index contributed by atoms with van der Waals surface area (Å²) >= 11 is 0.